The Morgan fingerprint density at radius 2 is 2.10 bits per heavy atom. The van der Waals surface area contributed by atoms with Crippen molar-refractivity contribution in [2.24, 2.45) is 7.05 Å². The van der Waals surface area contributed by atoms with Crippen LogP contribution in [-0.2, 0) is 13.5 Å². The highest BCUT2D eigenvalue weighted by atomic mass is 35.5. The van der Waals surface area contributed by atoms with Crippen molar-refractivity contribution in [1.82, 2.24) is 19.3 Å². The van der Waals surface area contributed by atoms with Crippen molar-refractivity contribution in [2.45, 2.75) is 13.3 Å². The Morgan fingerprint density at radius 3 is 2.75 bits per heavy atom. The van der Waals surface area contributed by atoms with Crippen LogP contribution in [0.15, 0.2) is 24.4 Å². The molecular formula is C14H14Cl2N4. The van der Waals surface area contributed by atoms with E-state index < -0.39 is 0 Å². The van der Waals surface area contributed by atoms with E-state index in [9.17, 15) is 0 Å². The van der Waals surface area contributed by atoms with E-state index in [0.29, 0.717) is 17.3 Å². The first-order valence-electron chi connectivity index (χ1n) is 6.34. The van der Waals surface area contributed by atoms with Gasteiger partial charge in [0.2, 0.25) is 0 Å². The number of para-hydroxylation sites is 1. The number of aryl methyl sites for hydroxylation is 3. The predicted octanol–water partition coefficient (Wildman–Crippen LogP) is 3.50. The van der Waals surface area contributed by atoms with Gasteiger partial charge in [0.05, 0.1) is 27.4 Å². The highest BCUT2D eigenvalue weighted by Crippen LogP contribution is 2.29. The molecule has 0 radical (unpaired) electrons. The molecule has 0 aliphatic carbocycles. The fourth-order valence-corrected chi connectivity index (χ4v) is 2.88. The average molecular weight is 309 g/mol. The third-order valence-electron chi connectivity index (χ3n) is 3.24. The zero-order valence-corrected chi connectivity index (χ0v) is 12.8. The first-order valence-corrected chi connectivity index (χ1v) is 7.25. The van der Waals surface area contributed by atoms with Gasteiger partial charge in [0, 0.05) is 25.5 Å². The molecule has 0 spiro atoms. The van der Waals surface area contributed by atoms with Gasteiger partial charge in [-0.25, -0.2) is 4.98 Å². The molecule has 0 bridgehead atoms. The highest BCUT2D eigenvalue weighted by molar-refractivity contribution is 6.35. The predicted molar refractivity (Wildman–Crippen MR) is 82.0 cm³/mol. The third-order valence-corrected chi connectivity index (χ3v) is 3.74. The lowest BCUT2D eigenvalue weighted by atomic mass is 10.3. The van der Waals surface area contributed by atoms with Crippen LogP contribution in [0.5, 0.6) is 0 Å². The molecular weight excluding hydrogens is 295 g/mol. The second-order valence-corrected chi connectivity index (χ2v) is 5.47. The second-order valence-electron chi connectivity index (χ2n) is 4.68. The normalized spacial score (nSPS) is 11.4. The Balaban J connectivity index is 2.36. The SMILES string of the molecule is Cc1nn(C)cc1-n1c(CCCl)nc2cccc(Cl)c21. The number of hydrogen-bond acceptors (Lipinski definition) is 2. The van der Waals surface area contributed by atoms with Gasteiger partial charge in [-0.3, -0.25) is 9.25 Å². The molecule has 0 atom stereocenters. The number of fused-ring (bicyclic) bond motifs is 1. The van der Waals surface area contributed by atoms with Gasteiger partial charge in [0.25, 0.3) is 0 Å². The summed E-state index contributed by atoms with van der Waals surface area (Å²) in [6.07, 6.45) is 2.65. The molecule has 0 amide bonds. The fourth-order valence-electron chi connectivity index (χ4n) is 2.45. The van der Waals surface area contributed by atoms with E-state index in [4.69, 9.17) is 23.2 Å². The molecule has 0 saturated heterocycles. The van der Waals surface area contributed by atoms with Gasteiger partial charge in [-0.05, 0) is 19.1 Å². The molecule has 0 aliphatic rings. The minimum absolute atomic E-state index is 0.514. The molecule has 0 fully saturated rings. The summed E-state index contributed by atoms with van der Waals surface area (Å²) in [6, 6.07) is 5.74. The van der Waals surface area contributed by atoms with Crippen molar-refractivity contribution < 1.29 is 0 Å². The molecule has 0 N–H and O–H groups in total. The van der Waals surface area contributed by atoms with Gasteiger partial charge < -0.3 is 0 Å². The molecule has 1 aromatic carbocycles. The molecule has 4 nitrogen and oxygen atoms in total. The molecule has 0 unspecified atom stereocenters. The first kappa shape index (κ1) is 13.5. The Morgan fingerprint density at radius 1 is 1.30 bits per heavy atom. The van der Waals surface area contributed by atoms with Crippen molar-refractivity contribution in [1.29, 1.82) is 0 Å². The number of hydrogen-bond donors (Lipinski definition) is 0. The third kappa shape index (κ3) is 2.09. The van der Waals surface area contributed by atoms with Gasteiger partial charge >= 0.3 is 0 Å². The monoisotopic (exact) mass is 308 g/mol. The van der Waals surface area contributed by atoms with E-state index in [2.05, 4.69) is 14.6 Å². The minimum Gasteiger partial charge on any atom is -0.291 e. The molecule has 2 heterocycles. The van der Waals surface area contributed by atoms with E-state index >= 15 is 0 Å². The van der Waals surface area contributed by atoms with Crippen molar-refractivity contribution in [3.8, 4) is 5.69 Å². The van der Waals surface area contributed by atoms with Crippen LogP contribution in [0.4, 0.5) is 0 Å². The average Bonchev–Trinajstić information content (AvgIpc) is 2.90. The first-order chi connectivity index (χ1) is 9.61. The van der Waals surface area contributed by atoms with Crippen LogP contribution >= 0.6 is 23.2 Å². The maximum Gasteiger partial charge on any atom is 0.115 e. The van der Waals surface area contributed by atoms with Crippen LogP contribution in [0.3, 0.4) is 0 Å². The highest BCUT2D eigenvalue weighted by Gasteiger charge is 2.17. The number of imidazole rings is 1. The number of benzene rings is 1. The minimum atomic E-state index is 0.514. The number of halogens is 2. The van der Waals surface area contributed by atoms with E-state index in [-0.39, 0.29) is 0 Å². The molecule has 0 aliphatic heterocycles. The topological polar surface area (TPSA) is 35.6 Å². The molecule has 2 aromatic heterocycles. The molecule has 20 heavy (non-hydrogen) atoms. The fraction of sp³-hybridized carbons (Fsp3) is 0.286. The van der Waals surface area contributed by atoms with Gasteiger partial charge in [-0.1, -0.05) is 17.7 Å². The zero-order valence-electron chi connectivity index (χ0n) is 11.3. The van der Waals surface area contributed by atoms with Gasteiger partial charge in [0.15, 0.2) is 0 Å². The summed E-state index contributed by atoms with van der Waals surface area (Å²) in [6.45, 7) is 1.97. The number of nitrogens with zero attached hydrogens (tertiary/aromatic N) is 4. The van der Waals surface area contributed by atoms with Crippen LogP contribution in [0.25, 0.3) is 16.7 Å². The Kier molecular flexibility index (Phi) is 3.44. The second kappa shape index (κ2) is 5.11. The quantitative estimate of drug-likeness (QED) is 0.694. The number of aromatic nitrogens is 4. The molecule has 3 rings (SSSR count). The largest absolute Gasteiger partial charge is 0.291 e. The lowest BCUT2D eigenvalue weighted by Crippen LogP contribution is -2.03. The summed E-state index contributed by atoms with van der Waals surface area (Å²) < 4.78 is 3.85. The lowest BCUT2D eigenvalue weighted by molar-refractivity contribution is 0.756. The molecule has 3 aromatic rings. The molecule has 104 valence electrons. The Bertz CT molecular complexity index is 773. The van der Waals surface area contributed by atoms with E-state index in [0.717, 1.165) is 28.2 Å². The van der Waals surface area contributed by atoms with Gasteiger partial charge in [-0.2, -0.15) is 5.10 Å². The summed E-state index contributed by atoms with van der Waals surface area (Å²) >= 11 is 12.3. The van der Waals surface area contributed by atoms with Crippen LogP contribution in [-0.4, -0.2) is 25.2 Å². The van der Waals surface area contributed by atoms with Crippen molar-refractivity contribution in [3.63, 3.8) is 0 Å². The Labute approximate surface area is 126 Å². The number of alkyl halides is 1. The van der Waals surface area contributed by atoms with E-state index in [1.807, 2.05) is 38.4 Å². The molecule has 6 heteroatoms. The number of rotatable bonds is 3. The van der Waals surface area contributed by atoms with E-state index in [1.165, 1.54) is 0 Å². The van der Waals surface area contributed by atoms with Gasteiger partial charge in [-0.15, -0.1) is 11.6 Å². The zero-order chi connectivity index (χ0) is 14.3. The van der Waals surface area contributed by atoms with Crippen molar-refractivity contribution >= 4 is 34.2 Å². The van der Waals surface area contributed by atoms with Crippen LogP contribution in [0.2, 0.25) is 5.02 Å². The van der Waals surface area contributed by atoms with Crippen LogP contribution in [0.1, 0.15) is 11.5 Å². The summed E-state index contributed by atoms with van der Waals surface area (Å²) in [7, 11) is 1.90. The molecule has 0 saturated carbocycles. The smallest absolute Gasteiger partial charge is 0.115 e. The summed E-state index contributed by atoms with van der Waals surface area (Å²) in [5.41, 5.74) is 3.71. The maximum atomic E-state index is 6.36. The van der Waals surface area contributed by atoms with Crippen LogP contribution in [0, 0.1) is 6.92 Å². The lowest BCUT2D eigenvalue weighted by Gasteiger charge is -2.07. The summed E-state index contributed by atoms with van der Waals surface area (Å²) in [5.74, 6) is 1.42. The van der Waals surface area contributed by atoms with Gasteiger partial charge in [0.1, 0.15) is 5.82 Å². The van der Waals surface area contributed by atoms with E-state index in [1.54, 1.807) is 4.68 Å². The van der Waals surface area contributed by atoms with Crippen molar-refractivity contribution in [2.75, 3.05) is 5.88 Å². The van der Waals surface area contributed by atoms with Crippen LogP contribution < -0.4 is 0 Å². The standard InChI is InChI=1S/C14H14Cl2N4/c1-9-12(8-19(2)18-9)20-13(6-7-15)17-11-5-3-4-10(16)14(11)20/h3-5,8H,6-7H2,1-2H3. The summed E-state index contributed by atoms with van der Waals surface area (Å²) in [5, 5.41) is 5.08. The summed E-state index contributed by atoms with van der Waals surface area (Å²) in [4.78, 5) is 4.65. The van der Waals surface area contributed by atoms with Crippen molar-refractivity contribution in [3.05, 3.63) is 40.9 Å². The maximum absolute atomic E-state index is 6.36. The Hall–Kier alpha value is -1.52.